The van der Waals surface area contributed by atoms with Crippen molar-refractivity contribution in [1.82, 2.24) is 0 Å². The predicted molar refractivity (Wildman–Crippen MR) is 84.2 cm³/mol. The molecule has 0 aromatic heterocycles. The molecular formula is C13H15N3O4S2. The topological polar surface area (TPSA) is 132 Å². The molecule has 9 heteroatoms. The summed E-state index contributed by atoms with van der Waals surface area (Å²) in [6, 6.07) is 10.0. The van der Waals surface area contributed by atoms with E-state index in [1.165, 1.54) is 12.1 Å². The minimum Gasteiger partial charge on any atom is -0.398 e. The maximum atomic E-state index is 12.3. The van der Waals surface area contributed by atoms with Gasteiger partial charge in [0.2, 0.25) is 10.0 Å². The average molecular weight is 341 g/mol. The van der Waals surface area contributed by atoms with Gasteiger partial charge < -0.3 is 5.73 Å². The highest BCUT2D eigenvalue weighted by atomic mass is 32.2. The lowest BCUT2D eigenvalue weighted by molar-refractivity contribution is 0.597. The third-order valence-corrected chi connectivity index (χ3v) is 5.25. The van der Waals surface area contributed by atoms with Gasteiger partial charge in [0.05, 0.1) is 10.6 Å². The zero-order chi connectivity index (χ0) is 16.5. The number of primary sulfonamides is 1. The van der Waals surface area contributed by atoms with Crippen molar-refractivity contribution in [2.75, 3.05) is 10.5 Å². The number of nitrogen functional groups attached to an aromatic ring is 1. The zero-order valence-electron chi connectivity index (χ0n) is 11.6. The lowest BCUT2D eigenvalue weighted by Crippen LogP contribution is -2.17. The van der Waals surface area contributed by atoms with E-state index >= 15 is 0 Å². The monoisotopic (exact) mass is 341 g/mol. The summed E-state index contributed by atoms with van der Waals surface area (Å²) >= 11 is 0. The van der Waals surface area contributed by atoms with Crippen molar-refractivity contribution in [3.8, 4) is 0 Å². The van der Waals surface area contributed by atoms with E-state index in [-0.39, 0.29) is 10.6 Å². The summed E-state index contributed by atoms with van der Waals surface area (Å²) in [4.78, 5) is -0.675. The summed E-state index contributed by atoms with van der Waals surface area (Å²) in [6.07, 6.45) is 0. The van der Waals surface area contributed by atoms with E-state index in [0.717, 1.165) is 11.6 Å². The van der Waals surface area contributed by atoms with Crippen molar-refractivity contribution in [2.45, 2.75) is 16.7 Å². The summed E-state index contributed by atoms with van der Waals surface area (Å²) < 4.78 is 49.8. The molecule has 0 aliphatic carbocycles. The minimum absolute atomic E-state index is 0.114. The number of hydrogen-bond donors (Lipinski definition) is 3. The summed E-state index contributed by atoms with van der Waals surface area (Å²) in [6.45, 7) is 1.87. The van der Waals surface area contributed by atoms with Gasteiger partial charge in [-0.25, -0.2) is 22.0 Å². The quantitative estimate of drug-likeness (QED) is 0.714. The van der Waals surface area contributed by atoms with Gasteiger partial charge >= 0.3 is 0 Å². The highest BCUT2D eigenvalue weighted by molar-refractivity contribution is 7.93. The maximum Gasteiger partial charge on any atom is 0.261 e. The molecule has 0 heterocycles. The number of rotatable bonds is 4. The van der Waals surface area contributed by atoms with Gasteiger partial charge in [-0.3, -0.25) is 4.72 Å². The highest BCUT2D eigenvalue weighted by Gasteiger charge is 2.20. The molecule has 0 unspecified atom stereocenters. The third-order valence-electron chi connectivity index (χ3n) is 2.91. The van der Waals surface area contributed by atoms with Crippen LogP contribution in [0.15, 0.2) is 52.3 Å². The first-order valence-corrected chi connectivity index (χ1v) is 9.14. The normalized spacial score (nSPS) is 12.1. The second kappa shape index (κ2) is 5.59. The molecule has 0 saturated carbocycles. The van der Waals surface area contributed by atoms with Crippen molar-refractivity contribution in [2.24, 2.45) is 5.14 Å². The van der Waals surface area contributed by atoms with Gasteiger partial charge in [0.1, 0.15) is 4.90 Å². The molecule has 2 aromatic carbocycles. The number of sulfonamides is 2. The first-order chi connectivity index (χ1) is 10.1. The third kappa shape index (κ3) is 3.56. The summed E-state index contributed by atoms with van der Waals surface area (Å²) in [5.41, 5.74) is 6.74. The number of nitrogens with two attached hydrogens (primary N) is 2. The van der Waals surface area contributed by atoms with E-state index in [0.29, 0.717) is 5.69 Å². The van der Waals surface area contributed by atoms with Crippen LogP contribution in [0.4, 0.5) is 11.4 Å². The van der Waals surface area contributed by atoms with Crippen LogP contribution in [0.2, 0.25) is 0 Å². The second-order valence-electron chi connectivity index (χ2n) is 4.72. The van der Waals surface area contributed by atoms with Gasteiger partial charge in [-0.1, -0.05) is 17.7 Å². The van der Waals surface area contributed by atoms with Crippen molar-refractivity contribution >= 4 is 31.4 Å². The van der Waals surface area contributed by atoms with Gasteiger partial charge in [-0.2, -0.15) is 0 Å². The number of benzene rings is 2. The lowest BCUT2D eigenvalue weighted by Gasteiger charge is -2.10. The summed E-state index contributed by atoms with van der Waals surface area (Å²) in [7, 11) is -8.06. The fourth-order valence-corrected chi connectivity index (χ4v) is 3.61. The van der Waals surface area contributed by atoms with Crippen LogP contribution in [-0.4, -0.2) is 16.8 Å². The number of anilines is 2. The Balaban J connectivity index is 2.44. The molecule has 2 aromatic rings. The molecule has 22 heavy (non-hydrogen) atoms. The zero-order valence-corrected chi connectivity index (χ0v) is 13.3. The van der Waals surface area contributed by atoms with Crippen LogP contribution in [0, 0.1) is 6.92 Å². The standard InChI is InChI=1S/C13H15N3O4S2/c1-9-2-4-10(5-3-9)16-22(19,20)11-6-7-12(14)13(8-11)21(15,17)18/h2-8,16H,14H2,1H3,(H2,15,17,18). The summed E-state index contributed by atoms with van der Waals surface area (Å²) in [5, 5.41) is 5.02. The largest absolute Gasteiger partial charge is 0.398 e. The van der Waals surface area contributed by atoms with Gasteiger partial charge in [-0.15, -0.1) is 0 Å². The Kier molecular flexibility index (Phi) is 4.14. The Morgan fingerprint density at radius 1 is 0.955 bits per heavy atom. The highest BCUT2D eigenvalue weighted by Crippen LogP contribution is 2.23. The second-order valence-corrected chi connectivity index (χ2v) is 7.93. The Morgan fingerprint density at radius 2 is 1.55 bits per heavy atom. The molecule has 0 spiro atoms. The van der Waals surface area contributed by atoms with E-state index in [9.17, 15) is 16.8 Å². The van der Waals surface area contributed by atoms with Gasteiger partial charge in [0.15, 0.2) is 0 Å². The molecule has 118 valence electrons. The molecule has 7 nitrogen and oxygen atoms in total. The van der Waals surface area contributed by atoms with E-state index < -0.39 is 24.9 Å². The predicted octanol–water partition coefficient (Wildman–Crippen LogP) is 1.03. The SMILES string of the molecule is Cc1ccc(NS(=O)(=O)c2ccc(N)c(S(N)(=O)=O)c2)cc1. The molecule has 0 saturated heterocycles. The molecule has 5 N–H and O–H groups in total. The van der Waals surface area contributed by atoms with Crippen LogP contribution >= 0.6 is 0 Å². The van der Waals surface area contributed by atoms with Crippen LogP contribution in [0.5, 0.6) is 0 Å². The Morgan fingerprint density at radius 3 is 2.09 bits per heavy atom. The number of aryl methyl sites for hydroxylation is 1. The van der Waals surface area contributed by atoms with Gasteiger partial charge in [0.25, 0.3) is 10.0 Å². The molecule has 0 atom stereocenters. The van der Waals surface area contributed by atoms with Crippen LogP contribution in [0.3, 0.4) is 0 Å². The first kappa shape index (κ1) is 16.3. The number of nitrogens with one attached hydrogen (secondary N) is 1. The summed E-state index contributed by atoms with van der Waals surface area (Å²) in [5.74, 6) is 0. The lowest BCUT2D eigenvalue weighted by atomic mass is 10.2. The fourth-order valence-electron chi connectivity index (χ4n) is 1.76. The van der Waals surface area contributed by atoms with Crippen molar-refractivity contribution in [3.05, 3.63) is 48.0 Å². The Hall–Kier alpha value is -2.10. The van der Waals surface area contributed by atoms with Crippen LogP contribution in [-0.2, 0) is 20.0 Å². The molecule has 0 bridgehead atoms. The van der Waals surface area contributed by atoms with E-state index in [4.69, 9.17) is 10.9 Å². The van der Waals surface area contributed by atoms with Crippen LogP contribution in [0.1, 0.15) is 5.56 Å². The maximum absolute atomic E-state index is 12.3. The molecule has 0 aliphatic rings. The molecule has 2 rings (SSSR count). The van der Waals surface area contributed by atoms with Crippen molar-refractivity contribution in [3.63, 3.8) is 0 Å². The Bertz CT molecular complexity index is 905. The smallest absolute Gasteiger partial charge is 0.261 e. The average Bonchev–Trinajstić information content (AvgIpc) is 2.40. The van der Waals surface area contributed by atoms with Crippen molar-refractivity contribution in [1.29, 1.82) is 0 Å². The van der Waals surface area contributed by atoms with Crippen molar-refractivity contribution < 1.29 is 16.8 Å². The first-order valence-electron chi connectivity index (χ1n) is 6.11. The minimum atomic E-state index is -4.11. The van der Waals surface area contributed by atoms with Crippen LogP contribution in [0.25, 0.3) is 0 Å². The molecule has 0 fully saturated rings. The van der Waals surface area contributed by atoms with Gasteiger partial charge in [0, 0.05) is 5.69 Å². The number of hydrogen-bond acceptors (Lipinski definition) is 5. The van der Waals surface area contributed by atoms with Crippen LogP contribution < -0.4 is 15.6 Å². The molecule has 0 aliphatic heterocycles. The molecule has 0 radical (unpaired) electrons. The molecular weight excluding hydrogens is 326 g/mol. The van der Waals surface area contributed by atoms with E-state index in [1.807, 2.05) is 6.92 Å². The Labute approximate surface area is 129 Å². The fraction of sp³-hybridized carbons (Fsp3) is 0.0769. The van der Waals surface area contributed by atoms with E-state index in [1.54, 1.807) is 24.3 Å². The van der Waals surface area contributed by atoms with Gasteiger partial charge in [-0.05, 0) is 37.3 Å². The molecule has 0 amide bonds. The van der Waals surface area contributed by atoms with E-state index in [2.05, 4.69) is 4.72 Å².